The number of halogens is 2. The molecule has 2 heterocycles. The fraction of sp³-hybridized carbons (Fsp3) is 0.667. The number of amides is 1. The van der Waals surface area contributed by atoms with E-state index in [0.29, 0.717) is 18.9 Å². The maximum atomic E-state index is 11.6. The van der Waals surface area contributed by atoms with Crippen molar-refractivity contribution in [1.29, 1.82) is 0 Å². The summed E-state index contributed by atoms with van der Waals surface area (Å²) in [6.45, 7) is 4.73. The third kappa shape index (κ3) is 6.56. The van der Waals surface area contributed by atoms with Crippen LogP contribution in [0, 0.1) is 12.8 Å². The molecule has 2 N–H and O–H groups in total. The molecule has 0 aliphatic carbocycles. The minimum Gasteiger partial charge on any atom is -0.356 e. The molecule has 0 bridgehead atoms. The van der Waals surface area contributed by atoms with Crippen molar-refractivity contribution in [3.05, 3.63) is 16.1 Å². The van der Waals surface area contributed by atoms with Crippen molar-refractivity contribution in [3.63, 3.8) is 0 Å². The quantitative estimate of drug-likeness (QED) is 0.870. The molecular weight excluding hydrogens is 305 g/mol. The Kier molecular flexibility index (Phi) is 9.35. The number of carbonyl (C=O) groups is 1. The summed E-state index contributed by atoms with van der Waals surface area (Å²) < 4.78 is 0. The van der Waals surface area contributed by atoms with E-state index in [1.165, 1.54) is 0 Å². The van der Waals surface area contributed by atoms with Crippen LogP contribution in [-0.4, -0.2) is 30.5 Å². The van der Waals surface area contributed by atoms with Gasteiger partial charge in [-0.15, -0.1) is 36.2 Å². The van der Waals surface area contributed by atoms with Crippen molar-refractivity contribution in [2.75, 3.05) is 19.6 Å². The van der Waals surface area contributed by atoms with Crippen molar-refractivity contribution >= 4 is 42.1 Å². The van der Waals surface area contributed by atoms with Gasteiger partial charge in [0.2, 0.25) is 5.91 Å². The molecule has 0 aromatic carbocycles. The second kappa shape index (κ2) is 9.53. The van der Waals surface area contributed by atoms with E-state index in [1.54, 1.807) is 11.3 Å². The molecular formula is C12H21Cl2N3OS. The Hall–Kier alpha value is -0.360. The first kappa shape index (κ1) is 18.6. The molecule has 2 rings (SSSR count). The van der Waals surface area contributed by atoms with Crippen LogP contribution in [-0.2, 0) is 11.2 Å². The number of thiazole rings is 1. The van der Waals surface area contributed by atoms with E-state index in [1.807, 2.05) is 6.92 Å². The summed E-state index contributed by atoms with van der Waals surface area (Å²) in [6.07, 6.45) is 2.61. The van der Waals surface area contributed by atoms with E-state index >= 15 is 0 Å². The van der Waals surface area contributed by atoms with Crippen molar-refractivity contribution in [2.24, 2.45) is 5.92 Å². The smallest absolute Gasteiger partial charge is 0.220 e. The molecule has 0 radical (unpaired) electrons. The Labute approximate surface area is 130 Å². The van der Waals surface area contributed by atoms with Gasteiger partial charge in [0.15, 0.2) is 0 Å². The van der Waals surface area contributed by atoms with Gasteiger partial charge in [-0.2, -0.15) is 0 Å². The lowest BCUT2D eigenvalue weighted by Crippen LogP contribution is -2.28. The molecule has 1 saturated heterocycles. The first-order valence-electron chi connectivity index (χ1n) is 6.12. The molecule has 110 valence electrons. The van der Waals surface area contributed by atoms with E-state index in [-0.39, 0.29) is 30.7 Å². The first-order chi connectivity index (χ1) is 8.24. The Morgan fingerprint density at radius 3 is 2.95 bits per heavy atom. The van der Waals surface area contributed by atoms with Crippen LogP contribution in [0.3, 0.4) is 0 Å². The highest BCUT2D eigenvalue weighted by molar-refractivity contribution is 7.09. The molecule has 1 fully saturated rings. The number of rotatable bonds is 5. The number of aryl methyl sites for hydroxylation is 1. The van der Waals surface area contributed by atoms with E-state index in [4.69, 9.17) is 0 Å². The summed E-state index contributed by atoms with van der Waals surface area (Å²) in [4.78, 5) is 16.0. The minimum atomic E-state index is 0. The normalized spacial score (nSPS) is 17.4. The van der Waals surface area contributed by atoms with E-state index in [2.05, 4.69) is 21.0 Å². The van der Waals surface area contributed by atoms with Crippen molar-refractivity contribution in [1.82, 2.24) is 15.6 Å². The summed E-state index contributed by atoms with van der Waals surface area (Å²) in [5, 5.41) is 9.38. The van der Waals surface area contributed by atoms with E-state index in [9.17, 15) is 4.79 Å². The molecule has 4 nitrogen and oxygen atoms in total. The zero-order valence-electron chi connectivity index (χ0n) is 11.0. The molecule has 7 heteroatoms. The number of aromatic nitrogens is 1. The van der Waals surface area contributed by atoms with Gasteiger partial charge in [-0.3, -0.25) is 4.79 Å². The van der Waals surface area contributed by atoms with Gasteiger partial charge >= 0.3 is 0 Å². The molecule has 1 atom stereocenters. The number of carbonyl (C=O) groups excluding carboxylic acids is 1. The lowest BCUT2D eigenvalue weighted by atomic mass is 10.0. The highest BCUT2D eigenvalue weighted by Gasteiger charge is 2.17. The molecule has 0 saturated carbocycles. The van der Waals surface area contributed by atoms with Crippen molar-refractivity contribution in [2.45, 2.75) is 26.2 Å². The van der Waals surface area contributed by atoms with E-state index < -0.39 is 0 Å². The molecule has 1 aromatic rings. The first-order valence-corrected chi connectivity index (χ1v) is 7.00. The zero-order chi connectivity index (χ0) is 12.1. The number of hydrogen-bond acceptors (Lipinski definition) is 4. The van der Waals surface area contributed by atoms with Gasteiger partial charge in [-0.05, 0) is 32.4 Å². The van der Waals surface area contributed by atoms with Crippen LogP contribution in [0.15, 0.2) is 5.38 Å². The summed E-state index contributed by atoms with van der Waals surface area (Å²) >= 11 is 1.66. The summed E-state index contributed by atoms with van der Waals surface area (Å²) in [5.74, 6) is 0.696. The monoisotopic (exact) mass is 325 g/mol. The average Bonchev–Trinajstić information content (AvgIpc) is 2.90. The molecule has 0 spiro atoms. The fourth-order valence-electron chi connectivity index (χ4n) is 2.08. The SMILES string of the molecule is Cc1nc(CCNC(=O)CC2CCNC2)cs1.Cl.Cl. The summed E-state index contributed by atoms with van der Waals surface area (Å²) in [7, 11) is 0. The van der Waals surface area contributed by atoms with Gasteiger partial charge in [-0.1, -0.05) is 0 Å². The molecule has 1 amide bonds. The Bertz CT molecular complexity index is 381. The van der Waals surface area contributed by atoms with Crippen LogP contribution in [0.25, 0.3) is 0 Å². The van der Waals surface area contributed by atoms with Gasteiger partial charge in [0.1, 0.15) is 0 Å². The Morgan fingerprint density at radius 2 is 2.37 bits per heavy atom. The van der Waals surface area contributed by atoms with Crippen molar-refractivity contribution in [3.8, 4) is 0 Å². The zero-order valence-corrected chi connectivity index (χ0v) is 13.4. The molecule has 1 unspecified atom stereocenters. The molecule has 1 aromatic heterocycles. The van der Waals surface area contributed by atoms with Crippen LogP contribution in [0.1, 0.15) is 23.5 Å². The van der Waals surface area contributed by atoms with Crippen LogP contribution >= 0.6 is 36.2 Å². The van der Waals surface area contributed by atoms with Gasteiger partial charge in [-0.25, -0.2) is 4.98 Å². The average molecular weight is 326 g/mol. The second-order valence-electron chi connectivity index (χ2n) is 4.52. The summed E-state index contributed by atoms with van der Waals surface area (Å²) in [5.41, 5.74) is 1.08. The van der Waals surface area contributed by atoms with Crippen LogP contribution in [0.5, 0.6) is 0 Å². The highest BCUT2D eigenvalue weighted by Crippen LogP contribution is 2.11. The van der Waals surface area contributed by atoms with Gasteiger partial charge in [0.25, 0.3) is 0 Å². The molecule has 1 aliphatic rings. The molecule has 19 heavy (non-hydrogen) atoms. The van der Waals surface area contributed by atoms with Gasteiger partial charge in [0.05, 0.1) is 10.7 Å². The Balaban J connectivity index is 0.00000162. The fourth-order valence-corrected chi connectivity index (χ4v) is 2.72. The van der Waals surface area contributed by atoms with Gasteiger partial charge < -0.3 is 10.6 Å². The summed E-state index contributed by atoms with van der Waals surface area (Å²) in [6, 6.07) is 0. The van der Waals surface area contributed by atoms with Crippen molar-refractivity contribution < 1.29 is 4.79 Å². The largest absolute Gasteiger partial charge is 0.356 e. The van der Waals surface area contributed by atoms with E-state index in [0.717, 1.165) is 36.6 Å². The van der Waals surface area contributed by atoms with Crippen LogP contribution in [0.4, 0.5) is 0 Å². The highest BCUT2D eigenvalue weighted by atomic mass is 35.5. The predicted molar refractivity (Wildman–Crippen MR) is 83.7 cm³/mol. The van der Waals surface area contributed by atoms with Crippen LogP contribution in [0.2, 0.25) is 0 Å². The molecule has 1 aliphatic heterocycles. The lowest BCUT2D eigenvalue weighted by molar-refractivity contribution is -0.121. The minimum absolute atomic E-state index is 0. The van der Waals surface area contributed by atoms with Gasteiger partial charge in [0, 0.05) is 24.8 Å². The Morgan fingerprint density at radius 1 is 1.58 bits per heavy atom. The maximum absolute atomic E-state index is 11.6. The maximum Gasteiger partial charge on any atom is 0.220 e. The predicted octanol–water partition coefficient (Wildman–Crippen LogP) is 1.95. The lowest BCUT2D eigenvalue weighted by Gasteiger charge is -2.08. The number of nitrogens with one attached hydrogen (secondary N) is 2. The topological polar surface area (TPSA) is 54.0 Å². The third-order valence-electron chi connectivity index (χ3n) is 3.01. The van der Waals surface area contributed by atoms with Crippen LogP contribution < -0.4 is 10.6 Å². The standard InChI is InChI=1S/C12H19N3OS.2ClH/c1-9-15-11(8-17-9)3-5-14-12(16)6-10-2-4-13-7-10;;/h8,10,13H,2-7H2,1H3,(H,14,16);2*1H. The number of hydrogen-bond donors (Lipinski definition) is 2. The number of nitrogens with zero attached hydrogens (tertiary/aromatic N) is 1. The second-order valence-corrected chi connectivity index (χ2v) is 5.58. The third-order valence-corrected chi connectivity index (χ3v) is 3.83.